The van der Waals surface area contributed by atoms with Crippen LogP contribution < -0.4 is 10.2 Å². The van der Waals surface area contributed by atoms with E-state index in [2.05, 4.69) is 57.4 Å². The lowest BCUT2D eigenvalue weighted by atomic mass is 9.87. The van der Waals surface area contributed by atoms with Gasteiger partial charge < -0.3 is 19.9 Å². The molecule has 8 heteroatoms. The fraction of sp³-hybridized carbons (Fsp3) is 0.613. The summed E-state index contributed by atoms with van der Waals surface area (Å²) in [7, 11) is 0. The van der Waals surface area contributed by atoms with Gasteiger partial charge in [-0.2, -0.15) is 5.26 Å². The second-order valence-corrected chi connectivity index (χ2v) is 12.5. The molecular formula is C31H42N6O2. The van der Waals surface area contributed by atoms with E-state index < -0.39 is 5.60 Å². The zero-order chi connectivity index (χ0) is 27.6. The first kappa shape index (κ1) is 27.4. The van der Waals surface area contributed by atoms with Crippen LogP contribution >= 0.6 is 0 Å². The number of benzene rings is 1. The molecule has 2 aromatic rings. The first-order valence-electron chi connectivity index (χ1n) is 14.6. The van der Waals surface area contributed by atoms with E-state index in [1.165, 1.54) is 44.3 Å². The number of anilines is 3. The average Bonchev–Trinajstić information content (AvgIpc) is 3.75. The molecule has 8 nitrogen and oxygen atoms in total. The summed E-state index contributed by atoms with van der Waals surface area (Å²) >= 11 is 0. The number of aromatic nitrogens is 2. The van der Waals surface area contributed by atoms with Crippen LogP contribution in [-0.4, -0.2) is 58.2 Å². The van der Waals surface area contributed by atoms with E-state index in [4.69, 9.17) is 9.72 Å². The third kappa shape index (κ3) is 6.88. The largest absolute Gasteiger partial charge is 0.460 e. The van der Waals surface area contributed by atoms with Crippen molar-refractivity contribution in [3.05, 3.63) is 41.7 Å². The second kappa shape index (κ2) is 11.5. The van der Waals surface area contributed by atoms with Gasteiger partial charge in [-0.05, 0) is 109 Å². The van der Waals surface area contributed by atoms with Crippen LogP contribution in [0.15, 0.2) is 30.5 Å². The van der Waals surface area contributed by atoms with Crippen LogP contribution in [0.5, 0.6) is 0 Å². The lowest BCUT2D eigenvalue weighted by molar-refractivity contribution is -0.156. The summed E-state index contributed by atoms with van der Waals surface area (Å²) in [5, 5.41) is 13.0. The van der Waals surface area contributed by atoms with Gasteiger partial charge in [-0.3, -0.25) is 4.79 Å². The van der Waals surface area contributed by atoms with Crippen molar-refractivity contribution < 1.29 is 9.53 Å². The number of carbonyl (C=O) groups is 1. The van der Waals surface area contributed by atoms with E-state index in [1.807, 2.05) is 20.8 Å². The molecule has 1 aliphatic carbocycles. The molecule has 1 aromatic carbocycles. The molecule has 2 saturated heterocycles. The number of nitriles is 1. The van der Waals surface area contributed by atoms with E-state index in [1.54, 1.807) is 6.20 Å². The molecule has 0 unspecified atom stereocenters. The number of nitrogens with one attached hydrogen (secondary N) is 1. The van der Waals surface area contributed by atoms with E-state index >= 15 is 0 Å². The highest BCUT2D eigenvalue weighted by atomic mass is 16.6. The number of hydrogen-bond acceptors (Lipinski definition) is 8. The van der Waals surface area contributed by atoms with Gasteiger partial charge >= 0.3 is 5.97 Å². The zero-order valence-corrected chi connectivity index (χ0v) is 23.8. The number of carbonyl (C=O) groups excluding carboxylic acids is 1. The Morgan fingerprint density at radius 1 is 1.10 bits per heavy atom. The number of hydrogen-bond donors (Lipinski definition) is 1. The summed E-state index contributed by atoms with van der Waals surface area (Å²) in [5.41, 5.74) is 2.06. The van der Waals surface area contributed by atoms with E-state index in [0.29, 0.717) is 18.2 Å². The minimum atomic E-state index is -0.486. The van der Waals surface area contributed by atoms with Crippen molar-refractivity contribution in [1.29, 1.82) is 5.26 Å². The van der Waals surface area contributed by atoms with Crippen LogP contribution in [0.2, 0.25) is 0 Å². The fourth-order valence-corrected chi connectivity index (χ4v) is 6.12. The van der Waals surface area contributed by atoms with E-state index in [9.17, 15) is 10.1 Å². The first-order valence-corrected chi connectivity index (χ1v) is 14.6. The lowest BCUT2D eigenvalue weighted by Gasteiger charge is -2.40. The maximum atomic E-state index is 12.5. The molecule has 5 rings (SSSR count). The van der Waals surface area contributed by atoms with Gasteiger partial charge in [-0.15, -0.1) is 0 Å². The van der Waals surface area contributed by atoms with E-state index in [0.717, 1.165) is 36.9 Å². The second-order valence-electron chi connectivity index (χ2n) is 12.5. The highest BCUT2D eigenvalue weighted by Gasteiger charge is 2.33. The molecular weight excluding hydrogens is 488 g/mol. The number of rotatable bonds is 7. The Labute approximate surface area is 232 Å². The monoisotopic (exact) mass is 530 g/mol. The first-order chi connectivity index (χ1) is 18.7. The van der Waals surface area contributed by atoms with Crippen LogP contribution in [0.25, 0.3) is 0 Å². The van der Waals surface area contributed by atoms with Gasteiger partial charge in [0.05, 0.1) is 12.6 Å². The van der Waals surface area contributed by atoms with Crippen LogP contribution in [0.4, 0.5) is 17.3 Å². The van der Waals surface area contributed by atoms with Crippen molar-refractivity contribution in [1.82, 2.24) is 14.9 Å². The molecule has 0 amide bonds. The minimum Gasteiger partial charge on any atom is -0.460 e. The summed E-state index contributed by atoms with van der Waals surface area (Å²) in [6.45, 7) is 11.1. The summed E-state index contributed by atoms with van der Waals surface area (Å²) in [6, 6.07) is 11.7. The maximum Gasteiger partial charge on any atom is 0.306 e. The number of piperidine rings is 2. The van der Waals surface area contributed by atoms with Crippen LogP contribution in [0, 0.1) is 17.2 Å². The van der Waals surface area contributed by atoms with Crippen molar-refractivity contribution in [2.45, 2.75) is 96.2 Å². The topological polar surface area (TPSA) is 94.4 Å². The average molecular weight is 531 g/mol. The molecule has 0 spiro atoms. The Hall–Kier alpha value is -3.18. The van der Waals surface area contributed by atoms with Crippen LogP contribution in [-0.2, 0) is 9.53 Å². The molecule has 1 aromatic heterocycles. The number of esters is 1. The number of nitrogens with zero attached hydrogens (tertiary/aromatic N) is 5. The molecule has 208 valence electrons. The molecule has 3 heterocycles. The molecule has 2 aliphatic heterocycles. The maximum absolute atomic E-state index is 12.5. The molecule has 0 radical (unpaired) electrons. The zero-order valence-electron chi connectivity index (χ0n) is 23.8. The van der Waals surface area contributed by atoms with Gasteiger partial charge in [0.25, 0.3) is 0 Å². The Morgan fingerprint density at radius 3 is 2.46 bits per heavy atom. The molecule has 0 bridgehead atoms. The predicted octanol–water partition coefficient (Wildman–Crippen LogP) is 5.77. The van der Waals surface area contributed by atoms with Gasteiger partial charge in [0.15, 0.2) is 11.5 Å². The van der Waals surface area contributed by atoms with Gasteiger partial charge in [-0.25, -0.2) is 9.97 Å². The molecule has 39 heavy (non-hydrogen) atoms. The van der Waals surface area contributed by atoms with Crippen molar-refractivity contribution in [2.75, 3.05) is 29.9 Å². The fourth-order valence-electron chi connectivity index (χ4n) is 6.12. The van der Waals surface area contributed by atoms with Crippen molar-refractivity contribution in [3.8, 4) is 6.07 Å². The van der Waals surface area contributed by atoms with Crippen LogP contribution in [0.1, 0.15) is 89.8 Å². The van der Waals surface area contributed by atoms with Gasteiger partial charge in [0, 0.05) is 24.3 Å². The SMILES string of the molecule is C[C@@H]1[C@H](CC(=O)OC(C)(C)C)CCCN1c1cnc(C#N)c(Nc2ccc(C3CCN(C4CC4)CC3)cc2)n1. The Bertz CT molecular complexity index is 1190. The smallest absolute Gasteiger partial charge is 0.306 e. The van der Waals surface area contributed by atoms with Crippen molar-refractivity contribution in [2.24, 2.45) is 5.92 Å². The predicted molar refractivity (Wildman–Crippen MR) is 153 cm³/mol. The van der Waals surface area contributed by atoms with Crippen molar-refractivity contribution >= 4 is 23.3 Å². The van der Waals surface area contributed by atoms with Crippen molar-refractivity contribution in [3.63, 3.8) is 0 Å². The van der Waals surface area contributed by atoms with E-state index in [-0.39, 0.29) is 23.6 Å². The Balaban J connectivity index is 1.25. The highest BCUT2D eigenvalue weighted by molar-refractivity contribution is 5.70. The summed E-state index contributed by atoms with van der Waals surface area (Å²) in [5.74, 6) is 1.80. The third-order valence-corrected chi connectivity index (χ3v) is 8.39. The lowest BCUT2D eigenvalue weighted by Crippen LogP contribution is -2.45. The number of ether oxygens (including phenoxy) is 1. The highest BCUT2D eigenvalue weighted by Crippen LogP contribution is 2.35. The molecule has 1 N–H and O–H groups in total. The summed E-state index contributed by atoms with van der Waals surface area (Å²) in [6.07, 6.45) is 9.19. The number of likely N-dealkylation sites (tertiary alicyclic amines) is 1. The van der Waals surface area contributed by atoms with Crippen LogP contribution in [0.3, 0.4) is 0 Å². The summed E-state index contributed by atoms with van der Waals surface area (Å²) < 4.78 is 5.58. The van der Waals surface area contributed by atoms with Gasteiger partial charge in [0.2, 0.25) is 0 Å². The molecule has 3 fully saturated rings. The Morgan fingerprint density at radius 2 is 1.82 bits per heavy atom. The molecule has 3 aliphatic rings. The van der Waals surface area contributed by atoms with Gasteiger partial charge in [0.1, 0.15) is 17.5 Å². The van der Waals surface area contributed by atoms with Gasteiger partial charge in [-0.1, -0.05) is 12.1 Å². The molecule has 1 saturated carbocycles. The molecule has 2 atom stereocenters. The Kier molecular flexibility index (Phi) is 8.08. The standard InChI is InChI=1S/C31H42N6O2/c1-21-24(18-29(38)39-31(2,3)4)6-5-15-37(21)28-20-33-27(19-32)30(35-28)34-25-9-7-22(8-10-25)23-13-16-36(17-14-23)26-11-12-26/h7-10,20-21,23-24,26H,5-6,11-18H2,1-4H3,(H,34,35)/t21-,24+/m1/s1. The third-order valence-electron chi connectivity index (χ3n) is 8.39. The minimum absolute atomic E-state index is 0.104. The summed E-state index contributed by atoms with van der Waals surface area (Å²) in [4.78, 5) is 26.6. The quantitative estimate of drug-likeness (QED) is 0.451. The normalized spacial score (nSPS) is 22.8.